The predicted molar refractivity (Wildman–Crippen MR) is 48.8 cm³/mol. The fraction of sp³-hybridized carbons (Fsp3) is 0.875. The molecule has 0 bridgehead atoms. The zero-order chi connectivity index (χ0) is 10.8. The highest BCUT2D eigenvalue weighted by molar-refractivity contribution is 4.96. The second-order valence-electron chi connectivity index (χ2n) is 3.56. The number of nitrogens with zero attached hydrogens (tertiary/aromatic N) is 4. The van der Waals surface area contributed by atoms with Gasteiger partial charge in [0.25, 0.3) is 0 Å². The summed E-state index contributed by atoms with van der Waals surface area (Å²) in [5, 5.41) is 30.5. The summed E-state index contributed by atoms with van der Waals surface area (Å²) >= 11 is 0. The number of tetrazole rings is 1. The topological polar surface area (TPSA) is 93.3 Å². The fourth-order valence-electron chi connectivity index (χ4n) is 1.49. The van der Waals surface area contributed by atoms with Crippen LogP contribution in [0.4, 0.5) is 0 Å². The first-order chi connectivity index (χ1) is 7.22. The third kappa shape index (κ3) is 1.99. The molecule has 1 aromatic heterocycles. The van der Waals surface area contributed by atoms with Gasteiger partial charge in [0.2, 0.25) is 5.82 Å². The average molecular weight is 214 g/mol. The normalized spacial score (nSPS) is 31.0. The van der Waals surface area contributed by atoms with Gasteiger partial charge in [-0.05, 0) is 11.6 Å². The first-order valence-electron chi connectivity index (χ1n) is 4.97. The Hall–Kier alpha value is -1.05. The molecule has 0 amide bonds. The lowest BCUT2D eigenvalue weighted by Crippen LogP contribution is -2.25. The molecule has 84 valence electrons. The second-order valence-corrected chi connectivity index (χ2v) is 3.56. The molecule has 7 heteroatoms. The molecule has 0 aromatic carbocycles. The molecule has 3 unspecified atom stereocenters. The maximum atomic E-state index is 9.56. The number of aromatic nitrogens is 4. The minimum atomic E-state index is -0.968. The van der Waals surface area contributed by atoms with Crippen molar-refractivity contribution >= 4 is 0 Å². The van der Waals surface area contributed by atoms with Crippen LogP contribution in [-0.4, -0.2) is 49.2 Å². The molecule has 0 aliphatic carbocycles. The predicted octanol–water partition coefficient (Wildman–Crippen LogP) is -1.12. The van der Waals surface area contributed by atoms with Crippen LogP contribution < -0.4 is 0 Å². The van der Waals surface area contributed by atoms with E-state index in [-0.39, 0.29) is 6.61 Å². The number of hydrogen-bond donors (Lipinski definition) is 2. The Bertz CT molecular complexity index is 329. The Morgan fingerprint density at radius 3 is 2.93 bits per heavy atom. The van der Waals surface area contributed by atoms with Crippen molar-refractivity contribution in [3.8, 4) is 0 Å². The van der Waals surface area contributed by atoms with Crippen LogP contribution in [0.1, 0.15) is 25.3 Å². The van der Waals surface area contributed by atoms with E-state index in [2.05, 4.69) is 15.4 Å². The van der Waals surface area contributed by atoms with Crippen LogP contribution in [0, 0.1) is 0 Å². The molecule has 1 fully saturated rings. The monoisotopic (exact) mass is 214 g/mol. The van der Waals surface area contributed by atoms with Crippen LogP contribution in [0.2, 0.25) is 0 Å². The van der Waals surface area contributed by atoms with Crippen molar-refractivity contribution in [2.24, 2.45) is 0 Å². The third-order valence-electron chi connectivity index (χ3n) is 2.30. The van der Waals surface area contributed by atoms with E-state index in [9.17, 15) is 10.2 Å². The SMILES string of the molecule is CCCn1nnc(C2OCC(O)C2O)n1. The van der Waals surface area contributed by atoms with Crippen LogP contribution >= 0.6 is 0 Å². The molecule has 2 heterocycles. The van der Waals surface area contributed by atoms with E-state index in [0.29, 0.717) is 12.4 Å². The summed E-state index contributed by atoms with van der Waals surface area (Å²) in [6, 6.07) is 0. The first-order valence-corrected chi connectivity index (χ1v) is 4.97. The maximum Gasteiger partial charge on any atom is 0.206 e. The maximum absolute atomic E-state index is 9.56. The highest BCUT2D eigenvalue weighted by Crippen LogP contribution is 2.26. The van der Waals surface area contributed by atoms with Gasteiger partial charge in [-0.3, -0.25) is 0 Å². The zero-order valence-electron chi connectivity index (χ0n) is 8.44. The van der Waals surface area contributed by atoms with Crippen molar-refractivity contribution < 1.29 is 14.9 Å². The molecule has 1 saturated heterocycles. The molecule has 0 saturated carbocycles. The lowest BCUT2D eigenvalue weighted by atomic mass is 10.1. The molecular formula is C8H14N4O3. The molecule has 7 nitrogen and oxygen atoms in total. The molecule has 0 spiro atoms. The highest BCUT2D eigenvalue weighted by Gasteiger charge is 2.38. The van der Waals surface area contributed by atoms with Crippen molar-refractivity contribution in [2.75, 3.05) is 6.61 Å². The Morgan fingerprint density at radius 1 is 1.53 bits per heavy atom. The summed E-state index contributed by atoms with van der Waals surface area (Å²) < 4.78 is 5.18. The quantitative estimate of drug-likeness (QED) is 0.661. The van der Waals surface area contributed by atoms with Gasteiger partial charge >= 0.3 is 0 Å². The molecule has 1 aliphatic heterocycles. The van der Waals surface area contributed by atoms with E-state index < -0.39 is 18.3 Å². The van der Waals surface area contributed by atoms with Gasteiger partial charge in [0.1, 0.15) is 18.3 Å². The number of aliphatic hydroxyl groups excluding tert-OH is 2. The zero-order valence-corrected chi connectivity index (χ0v) is 8.44. The summed E-state index contributed by atoms with van der Waals surface area (Å²) in [4.78, 5) is 1.45. The lowest BCUT2D eigenvalue weighted by molar-refractivity contribution is 0.0181. The highest BCUT2D eigenvalue weighted by atomic mass is 16.5. The molecule has 1 aromatic rings. The number of aliphatic hydroxyl groups is 2. The van der Waals surface area contributed by atoms with Gasteiger partial charge in [-0.1, -0.05) is 6.92 Å². The summed E-state index contributed by atoms with van der Waals surface area (Å²) in [7, 11) is 0. The average Bonchev–Trinajstić information content (AvgIpc) is 2.77. The van der Waals surface area contributed by atoms with Crippen molar-refractivity contribution in [3.63, 3.8) is 0 Å². The Labute approximate surface area is 86.7 Å². The smallest absolute Gasteiger partial charge is 0.206 e. The number of ether oxygens (including phenoxy) is 1. The van der Waals surface area contributed by atoms with E-state index in [1.165, 1.54) is 4.80 Å². The molecule has 15 heavy (non-hydrogen) atoms. The molecule has 3 atom stereocenters. The van der Waals surface area contributed by atoms with Crippen molar-refractivity contribution in [3.05, 3.63) is 5.82 Å². The fourth-order valence-corrected chi connectivity index (χ4v) is 1.49. The molecule has 0 radical (unpaired) electrons. The Kier molecular flexibility index (Phi) is 2.94. The second kappa shape index (κ2) is 4.21. The van der Waals surface area contributed by atoms with Gasteiger partial charge < -0.3 is 14.9 Å². The van der Waals surface area contributed by atoms with E-state index in [1.54, 1.807) is 0 Å². The van der Waals surface area contributed by atoms with Crippen molar-refractivity contribution in [2.45, 2.75) is 38.2 Å². The summed E-state index contributed by atoms with van der Waals surface area (Å²) in [5.74, 6) is 0.326. The van der Waals surface area contributed by atoms with Gasteiger partial charge in [0, 0.05) is 0 Å². The molecule has 1 aliphatic rings. The van der Waals surface area contributed by atoms with Crippen LogP contribution in [-0.2, 0) is 11.3 Å². The minimum Gasteiger partial charge on any atom is -0.388 e. The van der Waals surface area contributed by atoms with Gasteiger partial charge in [-0.2, -0.15) is 4.80 Å². The van der Waals surface area contributed by atoms with Crippen molar-refractivity contribution in [1.29, 1.82) is 0 Å². The lowest BCUT2D eigenvalue weighted by Gasteiger charge is -2.09. The van der Waals surface area contributed by atoms with Crippen LogP contribution in [0.15, 0.2) is 0 Å². The summed E-state index contributed by atoms with van der Waals surface area (Å²) in [6.45, 7) is 2.79. The van der Waals surface area contributed by atoms with Crippen LogP contribution in [0.25, 0.3) is 0 Å². The van der Waals surface area contributed by atoms with E-state index in [0.717, 1.165) is 6.42 Å². The van der Waals surface area contributed by atoms with E-state index >= 15 is 0 Å². The van der Waals surface area contributed by atoms with Gasteiger partial charge in [-0.15, -0.1) is 10.2 Å². The van der Waals surface area contributed by atoms with Crippen LogP contribution in [0.3, 0.4) is 0 Å². The van der Waals surface area contributed by atoms with Gasteiger partial charge in [0.05, 0.1) is 13.2 Å². The summed E-state index contributed by atoms with van der Waals surface area (Å²) in [5.41, 5.74) is 0. The minimum absolute atomic E-state index is 0.105. The molecule has 2 rings (SSSR count). The van der Waals surface area contributed by atoms with E-state index in [4.69, 9.17) is 4.74 Å². The van der Waals surface area contributed by atoms with Crippen molar-refractivity contribution in [1.82, 2.24) is 20.2 Å². The largest absolute Gasteiger partial charge is 0.388 e. The third-order valence-corrected chi connectivity index (χ3v) is 2.30. The number of hydrogen-bond acceptors (Lipinski definition) is 6. The number of rotatable bonds is 3. The summed E-state index contributed by atoms with van der Waals surface area (Å²) in [6.07, 6.45) is -1.59. The van der Waals surface area contributed by atoms with Gasteiger partial charge in [0.15, 0.2) is 0 Å². The van der Waals surface area contributed by atoms with Crippen LogP contribution in [0.5, 0.6) is 0 Å². The molecular weight excluding hydrogens is 200 g/mol. The van der Waals surface area contributed by atoms with Gasteiger partial charge in [-0.25, -0.2) is 0 Å². The Morgan fingerprint density at radius 2 is 2.33 bits per heavy atom. The Balaban J connectivity index is 2.09. The standard InChI is InChI=1S/C8H14N4O3/c1-2-3-12-10-8(9-11-12)7-6(14)5(13)4-15-7/h5-7,13-14H,2-4H2,1H3. The van der Waals surface area contributed by atoms with E-state index in [1.807, 2.05) is 6.92 Å². The molecule has 2 N–H and O–H groups in total. The first kappa shape index (κ1) is 10.5. The number of aryl methyl sites for hydroxylation is 1.